The van der Waals surface area contributed by atoms with E-state index in [0.29, 0.717) is 19.5 Å². The van der Waals surface area contributed by atoms with Gasteiger partial charge in [0, 0.05) is 17.5 Å². The van der Waals surface area contributed by atoms with Crippen molar-refractivity contribution in [3.63, 3.8) is 0 Å². The Morgan fingerprint density at radius 2 is 2.15 bits per heavy atom. The van der Waals surface area contributed by atoms with E-state index in [2.05, 4.69) is 6.92 Å². The zero-order chi connectivity index (χ0) is 16.5. The lowest BCUT2D eigenvalue weighted by atomic mass is 9.89. The third kappa shape index (κ3) is 3.18. The molecular weight excluding hydrogens is 254 g/mol. The van der Waals surface area contributed by atoms with Crippen LogP contribution in [0.15, 0.2) is 30.3 Å². The van der Waals surface area contributed by atoms with Gasteiger partial charge in [-0.05, 0) is 18.4 Å². The first kappa shape index (κ1) is 13.2. The van der Waals surface area contributed by atoms with Crippen molar-refractivity contribution in [2.75, 3.05) is 13.1 Å². The Labute approximate surface area is 124 Å². The zero-order valence-corrected chi connectivity index (χ0v) is 11.8. The predicted molar refractivity (Wildman–Crippen MR) is 80.5 cm³/mol. The van der Waals surface area contributed by atoms with E-state index >= 15 is 0 Å². The van der Waals surface area contributed by atoms with E-state index in [1.54, 1.807) is 4.90 Å². The first-order valence-corrected chi connectivity index (χ1v) is 7.19. The first-order chi connectivity index (χ1) is 10.6. The van der Waals surface area contributed by atoms with Crippen molar-refractivity contribution in [1.29, 1.82) is 0 Å². The number of carboxylic acids is 1. The van der Waals surface area contributed by atoms with Gasteiger partial charge in [0.25, 0.3) is 0 Å². The number of amides is 1. The standard InChI is InChI=1S/C16H21NO3.2H2/c1-2-3-9-17-11-14(16(19)20)13(15(17)18)10-12-7-5-4-6-8-12;;/h4-8,13-14H,2-3,9-11H2,1H3,(H,19,20);2*1H/i;1+1D;1+1. The Morgan fingerprint density at radius 1 is 1.45 bits per heavy atom. The number of carbonyl (C=O) groups excluding carboxylic acids is 1. The summed E-state index contributed by atoms with van der Waals surface area (Å²) in [6.07, 6.45) is 2.44. The van der Waals surface area contributed by atoms with Crippen molar-refractivity contribution >= 4 is 11.9 Å². The summed E-state index contributed by atoms with van der Waals surface area (Å²) in [7, 11) is 0. The minimum absolute atomic E-state index is 0. The van der Waals surface area contributed by atoms with Gasteiger partial charge in [0.2, 0.25) is 5.91 Å². The SMILES string of the molecule is CCCCN1CC(C(=O)O)C(Cc2ccccc2)C1=O.[2HH].[2H][2H]. The molecule has 0 aromatic heterocycles. The summed E-state index contributed by atoms with van der Waals surface area (Å²) in [5.74, 6) is -1.88. The van der Waals surface area contributed by atoms with Crippen molar-refractivity contribution in [3.8, 4) is 0 Å². The number of nitrogens with zero attached hydrogens (tertiary/aromatic N) is 1. The predicted octanol–water partition coefficient (Wildman–Crippen LogP) is 2.68. The maximum atomic E-state index is 12.4. The van der Waals surface area contributed by atoms with Crippen LogP contribution in [0.3, 0.4) is 0 Å². The fourth-order valence-electron chi connectivity index (χ4n) is 2.76. The van der Waals surface area contributed by atoms with E-state index in [4.69, 9.17) is 2.97 Å². The molecule has 0 aliphatic carbocycles. The molecule has 1 heterocycles. The molecule has 1 amide bonds. The number of carboxylic acid groups (broad SMARTS) is 1. The van der Waals surface area contributed by atoms with Gasteiger partial charge in [0.1, 0.15) is 0 Å². The van der Waals surface area contributed by atoms with Gasteiger partial charge >= 0.3 is 5.97 Å². The van der Waals surface area contributed by atoms with Crippen LogP contribution in [0.5, 0.6) is 0 Å². The lowest BCUT2D eigenvalue weighted by molar-refractivity contribution is -0.144. The Balaban J connectivity index is 0.00000155. The molecule has 2 rings (SSSR count). The number of benzene rings is 1. The summed E-state index contributed by atoms with van der Waals surface area (Å²) in [6, 6.07) is 9.64. The Kier molecular flexibility index (Phi) is 4.31. The van der Waals surface area contributed by atoms with E-state index in [1.165, 1.54) is 0 Å². The fraction of sp³-hybridized carbons (Fsp3) is 0.500. The molecule has 1 aliphatic heterocycles. The molecule has 2 unspecified atom stereocenters. The van der Waals surface area contributed by atoms with Gasteiger partial charge in [-0.3, -0.25) is 9.59 Å². The molecule has 1 aliphatic rings. The van der Waals surface area contributed by atoms with Crippen LogP contribution in [0, 0.1) is 11.8 Å². The van der Waals surface area contributed by atoms with Crippen LogP contribution in [-0.4, -0.2) is 35.0 Å². The normalized spacial score (nSPS) is 22.6. The molecule has 112 valence electrons. The van der Waals surface area contributed by atoms with Crippen LogP contribution >= 0.6 is 0 Å². The zero-order valence-electron chi connectivity index (χ0n) is 13.8. The molecule has 20 heavy (non-hydrogen) atoms. The number of carbonyl (C=O) groups is 2. The topological polar surface area (TPSA) is 57.6 Å². The molecule has 1 aromatic carbocycles. The summed E-state index contributed by atoms with van der Waals surface area (Å²) >= 11 is 0. The molecule has 1 aromatic rings. The fourth-order valence-corrected chi connectivity index (χ4v) is 2.76. The Morgan fingerprint density at radius 3 is 2.75 bits per heavy atom. The number of hydrogen-bond acceptors (Lipinski definition) is 2. The second-order valence-electron chi connectivity index (χ2n) is 5.38. The maximum Gasteiger partial charge on any atom is 0.309 e. The molecular formula is C16H25NO3. The Hall–Kier alpha value is -1.84. The van der Waals surface area contributed by atoms with Gasteiger partial charge in [-0.25, -0.2) is 0 Å². The van der Waals surface area contributed by atoms with Gasteiger partial charge in [0.05, 0.1) is 11.8 Å². The molecule has 4 heteroatoms. The molecule has 0 spiro atoms. The molecule has 1 fully saturated rings. The first-order valence-electron chi connectivity index (χ1n) is 8.19. The minimum Gasteiger partial charge on any atom is -0.481 e. The third-order valence-corrected chi connectivity index (χ3v) is 3.93. The summed E-state index contributed by atoms with van der Waals surface area (Å²) in [5, 5.41) is 9.34. The maximum absolute atomic E-state index is 12.4. The highest BCUT2D eigenvalue weighted by atomic mass is 16.4. The number of unbranched alkanes of at least 4 members (excludes halogenated alkanes) is 1. The van der Waals surface area contributed by atoms with Crippen LogP contribution in [0.1, 0.15) is 29.7 Å². The second kappa shape index (κ2) is 6.55. The molecule has 0 radical (unpaired) electrons. The second-order valence-corrected chi connectivity index (χ2v) is 5.38. The number of hydrogen-bond donors (Lipinski definition) is 1. The van der Waals surface area contributed by atoms with Crippen molar-refractivity contribution in [3.05, 3.63) is 35.9 Å². The number of likely N-dealkylation sites (tertiary alicyclic amines) is 1. The van der Waals surface area contributed by atoms with Crippen LogP contribution in [-0.2, 0) is 16.0 Å². The average Bonchev–Trinajstić information content (AvgIpc) is 2.85. The average molecular weight is 282 g/mol. The number of rotatable bonds is 6. The molecule has 4 nitrogen and oxygen atoms in total. The van der Waals surface area contributed by atoms with Crippen molar-refractivity contribution in [2.45, 2.75) is 26.2 Å². The highest BCUT2D eigenvalue weighted by molar-refractivity contribution is 5.88. The van der Waals surface area contributed by atoms with Crippen molar-refractivity contribution in [1.82, 2.24) is 4.90 Å². The van der Waals surface area contributed by atoms with E-state index < -0.39 is 17.8 Å². The van der Waals surface area contributed by atoms with E-state index in [-0.39, 0.29) is 7.33 Å². The molecule has 1 N–H and O–H groups in total. The molecule has 0 saturated carbocycles. The van der Waals surface area contributed by atoms with Crippen LogP contribution in [0.4, 0.5) is 0 Å². The highest BCUT2D eigenvalue weighted by Gasteiger charge is 2.43. The lowest BCUT2D eigenvalue weighted by Crippen LogP contribution is -2.29. The Bertz CT molecular complexity index is 485. The summed E-state index contributed by atoms with van der Waals surface area (Å²) in [4.78, 5) is 25.5. The van der Waals surface area contributed by atoms with Gasteiger partial charge < -0.3 is 10.0 Å². The third-order valence-electron chi connectivity index (χ3n) is 3.93. The van der Waals surface area contributed by atoms with Crippen molar-refractivity contribution < 1.29 is 19.1 Å². The molecule has 1 saturated heterocycles. The summed E-state index contributed by atoms with van der Waals surface area (Å²) in [6.45, 7) is 3.09. The smallest absolute Gasteiger partial charge is 0.309 e. The quantitative estimate of drug-likeness (QED) is 0.872. The van der Waals surface area contributed by atoms with E-state index in [9.17, 15) is 14.7 Å². The van der Waals surface area contributed by atoms with E-state index in [0.717, 1.165) is 18.4 Å². The summed E-state index contributed by atoms with van der Waals surface area (Å²) < 4.78 is 10.0. The van der Waals surface area contributed by atoms with Crippen molar-refractivity contribution in [2.24, 2.45) is 11.8 Å². The largest absolute Gasteiger partial charge is 0.481 e. The minimum atomic E-state index is -0.863. The molecule has 0 bridgehead atoms. The van der Waals surface area contributed by atoms with Crippen LogP contribution < -0.4 is 0 Å². The van der Waals surface area contributed by atoms with Crippen LogP contribution in [0.25, 0.3) is 0 Å². The number of aliphatic carboxylic acids is 1. The van der Waals surface area contributed by atoms with Gasteiger partial charge in [-0.1, -0.05) is 43.7 Å². The van der Waals surface area contributed by atoms with E-state index in [1.807, 2.05) is 30.3 Å². The van der Waals surface area contributed by atoms with Gasteiger partial charge in [0.15, 0.2) is 0 Å². The van der Waals surface area contributed by atoms with Gasteiger partial charge in [-0.2, -0.15) is 0 Å². The summed E-state index contributed by atoms with van der Waals surface area (Å²) in [5.41, 5.74) is 1.02. The lowest BCUT2D eigenvalue weighted by Gasteiger charge is -2.15. The molecule has 2 atom stereocenters. The highest BCUT2D eigenvalue weighted by Crippen LogP contribution is 2.28. The van der Waals surface area contributed by atoms with Gasteiger partial charge in [-0.15, -0.1) is 0 Å². The monoisotopic (exact) mass is 282 g/mol. The van der Waals surface area contributed by atoms with Crippen LogP contribution in [0.2, 0.25) is 0 Å².